The SMILES string of the molecule is COc1ccc(Br)cc1/C=N\NC(=O)CSc1cc(C)c(Br)cc1C. The molecule has 0 aliphatic carbocycles. The van der Waals surface area contributed by atoms with Crippen LogP contribution in [0.5, 0.6) is 5.75 Å². The molecule has 25 heavy (non-hydrogen) atoms. The fourth-order valence-corrected chi connectivity index (χ4v) is 3.80. The molecule has 2 aromatic rings. The number of hydrazone groups is 1. The van der Waals surface area contributed by atoms with Crippen molar-refractivity contribution in [1.82, 2.24) is 5.43 Å². The molecule has 0 spiro atoms. The zero-order valence-electron chi connectivity index (χ0n) is 14.1. The van der Waals surface area contributed by atoms with Gasteiger partial charge in [0.1, 0.15) is 5.75 Å². The second-order valence-corrected chi connectivity index (χ2v) is 8.12. The third-order valence-corrected chi connectivity index (χ3v) is 5.90. The van der Waals surface area contributed by atoms with Crippen LogP contribution in [0.4, 0.5) is 0 Å². The van der Waals surface area contributed by atoms with E-state index >= 15 is 0 Å². The van der Waals surface area contributed by atoms with Gasteiger partial charge in [-0.3, -0.25) is 4.79 Å². The van der Waals surface area contributed by atoms with Gasteiger partial charge in [0.2, 0.25) is 5.91 Å². The van der Waals surface area contributed by atoms with E-state index in [1.54, 1.807) is 13.3 Å². The highest BCUT2D eigenvalue weighted by atomic mass is 79.9. The number of methoxy groups -OCH3 is 1. The fraction of sp³-hybridized carbons (Fsp3) is 0.222. The van der Waals surface area contributed by atoms with Gasteiger partial charge in [-0.1, -0.05) is 31.9 Å². The smallest absolute Gasteiger partial charge is 0.250 e. The molecule has 2 rings (SSSR count). The highest BCUT2D eigenvalue weighted by Crippen LogP contribution is 2.28. The molecular formula is C18H18Br2N2O2S. The Morgan fingerprint density at radius 1 is 1.24 bits per heavy atom. The molecule has 0 aromatic heterocycles. The van der Waals surface area contributed by atoms with Crippen LogP contribution in [0.15, 0.2) is 49.3 Å². The molecule has 0 unspecified atom stereocenters. The number of hydrogen-bond donors (Lipinski definition) is 1. The number of carbonyl (C=O) groups is 1. The lowest BCUT2D eigenvalue weighted by molar-refractivity contribution is -0.118. The average molecular weight is 486 g/mol. The van der Waals surface area contributed by atoms with Crippen molar-refractivity contribution in [3.05, 3.63) is 56.0 Å². The number of carbonyl (C=O) groups excluding carboxylic acids is 1. The summed E-state index contributed by atoms with van der Waals surface area (Å²) < 4.78 is 7.25. The summed E-state index contributed by atoms with van der Waals surface area (Å²) in [5, 5.41) is 4.01. The summed E-state index contributed by atoms with van der Waals surface area (Å²) in [6.07, 6.45) is 1.57. The molecule has 1 amide bonds. The summed E-state index contributed by atoms with van der Waals surface area (Å²) >= 11 is 8.41. The third kappa shape index (κ3) is 5.87. The summed E-state index contributed by atoms with van der Waals surface area (Å²) in [7, 11) is 1.60. The number of nitrogens with zero attached hydrogens (tertiary/aromatic N) is 1. The van der Waals surface area contributed by atoms with Crippen molar-refractivity contribution in [3.8, 4) is 5.75 Å². The van der Waals surface area contributed by atoms with Crippen LogP contribution < -0.4 is 10.2 Å². The first kappa shape index (κ1) is 20.0. The molecule has 0 heterocycles. The molecule has 0 atom stereocenters. The Morgan fingerprint density at radius 3 is 2.72 bits per heavy atom. The van der Waals surface area contributed by atoms with E-state index in [4.69, 9.17) is 4.74 Å². The summed E-state index contributed by atoms with van der Waals surface area (Å²) in [5.41, 5.74) is 5.61. The van der Waals surface area contributed by atoms with Crippen molar-refractivity contribution in [1.29, 1.82) is 0 Å². The number of nitrogens with one attached hydrogen (secondary N) is 1. The van der Waals surface area contributed by atoms with Crippen molar-refractivity contribution in [2.75, 3.05) is 12.9 Å². The van der Waals surface area contributed by atoms with E-state index in [0.29, 0.717) is 11.5 Å². The minimum absolute atomic E-state index is 0.157. The van der Waals surface area contributed by atoms with E-state index in [1.807, 2.05) is 32.0 Å². The molecule has 1 N–H and O–H groups in total. The maximum Gasteiger partial charge on any atom is 0.250 e. The highest BCUT2D eigenvalue weighted by molar-refractivity contribution is 9.10. The lowest BCUT2D eigenvalue weighted by Gasteiger charge is -2.08. The van der Waals surface area contributed by atoms with E-state index in [1.165, 1.54) is 11.8 Å². The highest BCUT2D eigenvalue weighted by Gasteiger charge is 2.07. The standard InChI is InChI=1S/C18H18Br2N2O2S/c1-11-7-17(12(2)6-15(11)20)25-10-18(23)22-21-9-13-8-14(19)4-5-16(13)24-3/h4-9H,10H2,1-3H3,(H,22,23)/b21-9-. The summed E-state index contributed by atoms with van der Waals surface area (Å²) in [5.74, 6) is 0.834. The largest absolute Gasteiger partial charge is 0.496 e. The van der Waals surface area contributed by atoms with E-state index in [2.05, 4.69) is 54.5 Å². The van der Waals surface area contributed by atoms with Crippen LogP contribution in [0, 0.1) is 13.8 Å². The molecule has 0 saturated heterocycles. The Balaban J connectivity index is 1.93. The van der Waals surface area contributed by atoms with Crippen molar-refractivity contribution < 1.29 is 9.53 Å². The molecular weight excluding hydrogens is 468 g/mol. The zero-order chi connectivity index (χ0) is 18.4. The molecule has 0 bridgehead atoms. The van der Waals surface area contributed by atoms with E-state index in [0.717, 1.165) is 30.5 Å². The van der Waals surface area contributed by atoms with E-state index in [9.17, 15) is 4.79 Å². The first-order valence-electron chi connectivity index (χ1n) is 7.45. The normalized spacial score (nSPS) is 10.9. The molecule has 0 radical (unpaired) electrons. The number of benzene rings is 2. The van der Waals surface area contributed by atoms with Gasteiger partial charge in [-0.15, -0.1) is 11.8 Å². The topological polar surface area (TPSA) is 50.7 Å². The van der Waals surface area contributed by atoms with Gasteiger partial charge in [0, 0.05) is 19.4 Å². The molecule has 0 fully saturated rings. The van der Waals surface area contributed by atoms with E-state index < -0.39 is 0 Å². The van der Waals surface area contributed by atoms with Gasteiger partial charge in [-0.05, 0) is 55.3 Å². The molecule has 132 valence electrons. The third-order valence-electron chi connectivity index (χ3n) is 3.40. The van der Waals surface area contributed by atoms with Crippen molar-refractivity contribution in [2.45, 2.75) is 18.7 Å². The second-order valence-electron chi connectivity index (χ2n) is 5.34. The number of rotatable bonds is 6. The van der Waals surface area contributed by atoms with Crippen LogP contribution in [-0.2, 0) is 4.79 Å². The monoisotopic (exact) mass is 484 g/mol. The Bertz CT molecular complexity index is 810. The number of halogens is 2. The minimum atomic E-state index is -0.157. The average Bonchev–Trinajstić information content (AvgIpc) is 2.57. The number of amides is 1. The van der Waals surface area contributed by atoms with Gasteiger partial charge >= 0.3 is 0 Å². The minimum Gasteiger partial charge on any atom is -0.496 e. The first-order chi connectivity index (χ1) is 11.9. The number of thioether (sulfide) groups is 1. The molecule has 2 aromatic carbocycles. The van der Waals surface area contributed by atoms with Crippen LogP contribution >= 0.6 is 43.6 Å². The quantitative estimate of drug-likeness (QED) is 0.352. The van der Waals surface area contributed by atoms with Gasteiger partial charge in [-0.25, -0.2) is 5.43 Å². The van der Waals surface area contributed by atoms with Crippen LogP contribution in [-0.4, -0.2) is 25.0 Å². The van der Waals surface area contributed by atoms with Crippen LogP contribution in [0.1, 0.15) is 16.7 Å². The molecule has 0 saturated carbocycles. The van der Waals surface area contributed by atoms with Crippen LogP contribution in [0.25, 0.3) is 0 Å². The van der Waals surface area contributed by atoms with Crippen LogP contribution in [0.3, 0.4) is 0 Å². The Morgan fingerprint density at radius 2 is 2.00 bits per heavy atom. The fourth-order valence-electron chi connectivity index (χ4n) is 2.07. The predicted molar refractivity (Wildman–Crippen MR) is 111 cm³/mol. The van der Waals surface area contributed by atoms with Crippen molar-refractivity contribution >= 4 is 55.7 Å². The molecule has 7 heteroatoms. The second kappa shape index (κ2) is 9.40. The van der Waals surface area contributed by atoms with Crippen LogP contribution in [0.2, 0.25) is 0 Å². The van der Waals surface area contributed by atoms with Gasteiger partial charge in [0.25, 0.3) is 0 Å². The maximum absolute atomic E-state index is 12.0. The number of aryl methyl sites for hydroxylation is 2. The van der Waals surface area contributed by atoms with Gasteiger partial charge in [-0.2, -0.15) is 5.10 Å². The molecule has 0 aliphatic rings. The first-order valence-corrected chi connectivity index (χ1v) is 10.0. The lowest BCUT2D eigenvalue weighted by atomic mass is 10.2. The van der Waals surface area contributed by atoms with E-state index in [-0.39, 0.29) is 5.91 Å². The number of ether oxygens (including phenoxy) is 1. The summed E-state index contributed by atoms with van der Waals surface area (Å²) in [6.45, 7) is 4.06. The Labute approximate surface area is 168 Å². The molecule has 4 nitrogen and oxygen atoms in total. The van der Waals surface area contributed by atoms with Gasteiger partial charge < -0.3 is 4.74 Å². The van der Waals surface area contributed by atoms with Crippen molar-refractivity contribution in [3.63, 3.8) is 0 Å². The van der Waals surface area contributed by atoms with Crippen molar-refractivity contribution in [2.24, 2.45) is 5.10 Å². The zero-order valence-corrected chi connectivity index (χ0v) is 18.1. The maximum atomic E-state index is 12.0. The number of hydrogen-bond acceptors (Lipinski definition) is 4. The van der Waals surface area contributed by atoms with Gasteiger partial charge in [0.05, 0.1) is 19.1 Å². The lowest BCUT2D eigenvalue weighted by Crippen LogP contribution is -2.19. The predicted octanol–water partition coefficient (Wildman–Crippen LogP) is 5.08. The Kier molecular flexibility index (Phi) is 7.53. The Hall–Kier alpha value is -1.31. The summed E-state index contributed by atoms with van der Waals surface area (Å²) in [6, 6.07) is 9.73. The van der Waals surface area contributed by atoms with Gasteiger partial charge in [0.15, 0.2) is 0 Å². The summed E-state index contributed by atoms with van der Waals surface area (Å²) in [4.78, 5) is 13.1. The molecule has 0 aliphatic heterocycles.